The number of halogens is 3. The number of para-hydroxylation sites is 1. The first-order chi connectivity index (χ1) is 9.95. The van der Waals surface area contributed by atoms with Crippen molar-refractivity contribution in [3.63, 3.8) is 0 Å². The summed E-state index contributed by atoms with van der Waals surface area (Å²) >= 11 is 0. The molecule has 1 aromatic carbocycles. The first-order valence-corrected chi connectivity index (χ1v) is 7.41. The highest BCUT2D eigenvalue weighted by molar-refractivity contribution is 5.91. The van der Waals surface area contributed by atoms with Gasteiger partial charge in [0.05, 0.1) is 11.3 Å². The van der Waals surface area contributed by atoms with Crippen LogP contribution < -0.4 is 5.32 Å². The molecule has 21 heavy (non-hydrogen) atoms. The number of carbonyl (C=O) groups is 1. The van der Waals surface area contributed by atoms with Gasteiger partial charge in [0.15, 0.2) is 0 Å². The van der Waals surface area contributed by atoms with Gasteiger partial charge in [0.25, 0.3) is 0 Å². The minimum atomic E-state index is -4.45. The van der Waals surface area contributed by atoms with Gasteiger partial charge in [-0.05, 0) is 18.6 Å². The molecule has 118 valence electrons. The lowest BCUT2D eigenvalue weighted by Gasteiger charge is -2.13. The van der Waals surface area contributed by atoms with Gasteiger partial charge in [-0.2, -0.15) is 13.2 Å². The van der Waals surface area contributed by atoms with Crippen molar-refractivity contribution in [1.29, 1.82) is 0 Å². The topological polar surface area (TPSA) is 29.1 Å². The number of alkyl halides is 3. The Labute approximate surface area is 123 Å². The SMILES string of the molecule is CCCCCCCCC(=O)Nc1ccccc1C(F)(F)F. The number of benzene rings is 1. The maximum Gasteiger partial charge on any atom is 0.418 e. The number of hydrogen-bond acceptors (Lipinski definition) is 1. The van der Waals surface area contributed by atoms with Crippen LogP contribution in [0.25, 0.3) is 0 Å². The molecule has 0 aliphatic rings. The van der Waals surface area contributed by atoms with Gasteiger partial charge >= 0.3 is 6.18 Å². The standard InChI is InChI=1S/C16H22F3NO/c1-2-3-4-5-6-7-12-15(21)20-14-11-9-8-10-13(14)16(17,18)19/h8-11H,2-7,12H2,1H3,(H,20,21). The van der Waals surface area contributed by atoms with Crippen LogP contribution in [0.15, 0.2) is 24.3 Å². The second kappa shape index (κ2) is 8.70. The van der Waals surface area contributed by atoms with E-state index in [4.69, 9.17) is 0 Å². The number of anilines is 1. The molecule has 1 N–H and O–H groups in total. The van der Waals surface area contributed by atoms with Gasteiger partial charge < -0.3 is 5.32 Å². The average Bonchev–Trinajstić information content (AvgIpc) is 2.42. The third kappa shape index (κ3) is 6.65. The van der Waals surface area contributed by atoms with E-state index in [0.29, 0.717) is 6.42 Å². The van der Waals surface area contributed by atoms with E-state index in [1.807, 2.05) is 0 Å². The zero-order chi connectivity index (χ0) is 15.7. The Morgan fingerprint density at radius 2 is 1.67 bits per heavy atom. The van der Waals surface area contributed by atoms with Crippen molar-refractivity contribution in [2.75, 3.05) is 5.32 Å². The van der Waals surface area contributed by atoms with Gasteiger partial charge in [-0.3, -0.25) is 4.79 Å². The van der Waals surface area contributed by atoms with Crippen molar-refractivity contribution < 1.29 is 18.0 Å². The summed E-state index contributed by atoms with van der Waals surface area (Å²) in [5.74, 6) is -0.359. The van der Waals surface area contributed by atoms with Crippen molar-refractivity contribution in [3.8, 4) is 0 Å². The van der Waals surface area contributed by atoms with Crippen LogP contribution in [-0.2, 0) is 11.0 Å². The molecule has 5 heteroatoms. The molecule has 0 aliphatic carbocycles. The molecule has 1 rings (SSSR count). The van der Waals surface area contributed by atoms with Gasteiger partial charge in [-0.15, -0.1) is 0 Å². The lowest BCUT2D eigenvalue weighted by atomic mass is 10.1. The number of amides is 1. The quantitative estimate of drug-likeness (QED) is 0.640. The second-order valence-electron chi connectivity index (χ2n) is 5.11. The van der Waals surface area contributed by atoms with E-state index in [9.17, 15) is 18.0 Å². The Bertz CT molecular complexity index is 443. The fraction of sp³-hybridized carbons (Fsp3) is 0.562. The molecular formula is C16H22F3NO. The summed E-state index contributed by atoms with van der Waals surface area (Å²) < 4.78 is 38.3. The summed E-state index contributed by atoms with van der Waals surface area (Å²) in [6.07, 6.45) is 2.02. The minimum Gasteiger partial charge on any atom is -0.326 e. The lowest BCUT2D eigenvalue weighted by molar-refractivity contribution is -0.137. The largest absolute Gasteiger partial charge is 0.418 e. The monoisotopic (exact) mass is 301 g/mol. The predicted molar refractivity (Wildman–Crippen MR) is 78.1 cm³/mol. The van der Waals surface area contributed by atoms with E-state index in [1.165, 1.54) is 24.6 Å². The summed E-state index contributed by atoms with van der Waals surface area (Å²) in [6.45, 7) is 2.13. The van der Waals surface area contributed by atoms with E-state index >= 15 is 0 Å². The summed E-state index contributed by atoms with van der Waals surface area (Å²) in [5.41, 5.74) is -0.970. The average molecular weight is 301 g/mol. The van der Waals surface area contributed by atoms with Crippen LogP contribution >= 0.6 is 0 Å². The Hall–Kier alpha value is -1.52. The van der Waals surface area contributed by atoms with E-state index in [1.54, 1.807) is 0 Å². The Kier molecular flexibility index (Phi) is 7.26. The number of rotatable bonds is 8. The van der Waals surface area contributed by atoms with Crippen molar-refractivity contribution in [2.45, 2.75) is 58.0 Å². The highest BCUT2D eigenvalue weighted by Crippen LogP contribution is 2.34. The number of unbranched alkanes of at least 4 members (excludes halogenated alkanes) is 5. The van der Waals surface area contributed by atoms with Gasteiger partial charge in [0, 0.05) is 6.42 Å². The number of nitrogens with one attached hydrogen (secondary N) is 1. The minimum absolute atomic E-state index is 0.166. The molecule has 0 fully saturated rings. The van der Waals surface area contributed by atoms with Gasteiger partial charge in [-0.1, -0.05) is 51.2 Å². The second-order valence-corrected chi connectivity index (χ2v) is 5.11. The van der Waals surface area contributed by atoms with Crippen LogP contribution in [0.5, 0.6) is 0 Å². The molecule has 1 amide bonds. The molecule has 0 unspecified atom stereocenters. The van der Waals surface area contributed by atoms with Gasteiger partial charge in [0.2, 0.25) is 5.91 Å². The molecule has 0 bridgehead atoms. The van der Waals surface area contributed by atoms with Crippen molar-refractivity contribution >= 4 is 11.6 Å². The Morgan fingerprint density at radius 1 is 1.05 bits per heavy atom. The first kappa shape index (κ1) is 17.5. The van der Waals surface area contributed by atoms with E-state index in [2.05, 4.69) is 12.2 Å². The molecule has 2 nitrogen and oxygen atoms in total. The third-order valence-corrected chi connectivity index (χ3v) is 3.26. The lowest BCUT2D eigenvalue weighted by Crippen LogP contribution is -2.16. The predicted octanol–water partition coefficient (Wildman–Crippen LogP) is 5.39. The molecule has 0 heterocycles. The van der Waals surface area contributed by atoms with Crippen LogP contribution in [0.1, 0.15) is 57.4 Å². The van der Waals surface area contributed by atoms with Crippen molar-refractivity contribution in [2.24, 2.45) is 0 Å². The molecule has 0 saturated heterocycles. The molecule has 0 saturated carbocycles. The summed E-state index contributed by atoms with van der Waals surface area (Å²) in [4.78, 5) is 11.7. The highest BCUT2D eigenvalue weighted by atomic mass is 19.4. The fourth-order valence-corrected chi connectivity index (χ4v) is 2.12. The van der Waals surface area contributed by atoms with Crippen LogP contribution in [0.2, 0.25) is 0 Å². The molecule has 0 aromatic heterocycles. The van der Waals surface area contributed by atoms with E-state index < -0.39 is 11.7 Å². The Morgan fingerprint density at radius 3 is 2.33 bits per heavy atom. The zero-order valence-corrected chi connectivity index (χ0v) is 12.3. The maximum atomic E-state index is 12.8. The molecule has 0 spiro atoms. The van der Waals surface area contributed by atoms with Crippen LogP contribution in [-0.4, -0.2) is 5.91 Å². The first-order valence-electron chi connectivity index (χ1n) is 7.41. The van der Waals surface area contributed by atoms with E-state index in [-0.39, 0.29) is 18.0 Å². The maximum absolute atomic E-state index is 12.8. The van der Waals surface area contributed by atoms with E-state index in [0.717, 1.165) is 31.7 Å². The third-order valence-electron chi connectivity index (χ3n) is 3.26. The Balaban J connectivity index is 2.42. The molecule has 0 radical (unpaired) electrons. The zero-order valence-electron chi connectivity index (χ0n) is 12.3. The molecule has 0 atom stereocenters. The molecule has 1 aromatic rings. The molecular weight excluding hydrogens is 279 g/mol. The molecule has 0 aliphatic heterocycles. The summed E-state index contributed by atoms with van der Waals surface area (Å²) in [7, 11) is 0. The summed E-state index contributed by atoms with van der Waals surface area (Å²) in [5, 5.41) is 2.36. The van der Waals surface area contributed by atoms with Crippen molar-refractivity contribution in [3.05, 3.63) is 29.8 Å². The van der Waals surface area contributed by atoms with Crippen molar-refractivity contribution in [1.82, 2.24) is 0 Å². The number of hydrogen-bond donors (Lipinski definition) is 1. The fourth-order valence-electron chi connectivity index (χ4n) is 2.12. The van der Waals surface area contributed by atoms with Crippen LogP contribution in [0, 0.1) is 0 Å². The van der Waals surface area contributed by atoms with Gasteiger partial charge in [0.1, 0.15) is 0 Å². The summed E-state index contributed by atoms with van der Waals surface area (Å²) in [6, 6.07) is 5.05. The van der Waals surface area contributed by atoms with Gasteiger partial charge in [-0.25, -0.2) is 0 Å². The normalized spacial score (nSPS) is 11.4. The van der Waals surface area contributed by atoms with Crippen LogP contribution in [0.4, 0.5) is 18.9 Å². The number of carbonyl (C=O) groups excluding carboxylic acids is 1. The van der Waals surface area contributed by atoms with Crippen LogP contribution in [0.3, 0.4) is 0 Å². The highest BCUT2D eigenvalue weighted by Gasteiger charge is 2.33. The smallest absolute Gasteiger partial charge is 0.326 e.